The highest BCUT2D eigenvalue weighted by molar-refractivity contribution is 6.42. The lowest BCUT2D eigenvalue weighted by molar-refractivity contribution is -0.140. The van der Waals surface area contributed by atoms with Crippen molar-refractivity contribution in [2.45, 2.75) is 64.6 Å². The number of carbonyl (C=O) groups excluding carboxylic acids is 3. The zero-order valence-electron chi connectivity index (χ0n) is 19.4. The molecule has 1 saturated carbocycles. The van der Waals surface area contributed by atoms with E-state index in [1.165, 1.54) is 12.0 Å². The molecule has 0 spiro atoms. The molecule has 1 N–H and O–H groups in total. The molecule has 8 heteroatoms. The van der Waals surface area contributed by atoms with E-state index in [2.05, 4.69) is 24.4 Å². The summed E-state index contributed by atoms with van der Waals surface area (Å²) in [4.78, 5) is 38.3. The molecule has 0 radical (unpaired) electrons. The summed E-state index contributed by atoms with van der Waals surface area (Å²) in [7, 11) is 0. The summed E-state index contributed by atoms with van der Waals surface area (Å²) in [6, 6.07) is 15.0. The third kappa shape index (κ3) is 6.73. The highest BCUT2D eigenvalue weighted by atomic mass is 35.5. The standard InChI is InChI=1S/C19H22Cl2N2O4.C7H8/c1-11(13-5-3-2-4-6-13)23-18(25)16(27-19(23)26)17(24)22-10-12-7-8-14(20)15(21)9-12;1-7-5-3-2-4-6-7/h7-9,11,13,16H,2-6,10H2,1H3,(H,22,24);2-6H,1H3. The maximum Gasteiger partial charge on any atom is 0.418 e. The molecule has 4 rings (SSSR count). The van der Waals surface area contributed by atoms with E-state index in [1.54, 1.807) is 18.2 Å². The predicted molar refractivity (Wildman–Crippen MR) is 133 cm³/mol. The van der Waals surface area contributed by atoms with Crippen molar-refractivity contribution in [3.05, 3.63) is 69.7 Å². The lowest BCUT2D eigenvalue weighted by Gasteiger charge is -2.31. The van der Waals surface area contributed by atoms with Gasteiger partial charge in [-0.25, -0.2) is 9.69 Å². The summed E-state index contributed by atoms with van der Waals surface area (Å²) < 4.78 is 5.07. The van der Waals surface area contributed by atoms with E-state index in [4.69, 9.17) is 27.9 Å². The summed E-state index contributed by atoms with van der Waals surface area (Å²) in [5.41, 5.74) is 2.05. The van der Waals surface area contributed by atoms with Gasteiger partial charge in [0.05, 0.1) is 10.0 Å². The molecule has 1 saturated heterocycles. The van der Waals surface area contributed by atoms with Gasteiger partial charge in [0, 0.05) is 12.6 Å². The number of nitrogens with zero attached hydrogens (tertiary/aromatic N) is 1. The van der Waals surface area contributed by atoms with Crippen LogP contribution in [0.3, 0.4) is 0 Å². The molecule has 34 heavy (non-hydrogen) atoms. The second kappa shape index (κ2) is 12.2. The molecule has 6 nitrogen and oxygen atoms in total. The fourth-order valence-electron chi connectivity index (χ4n) is 4.25. The lowest BCUT2D eigenvalue weighted by atomic mass is 9.84. The fraction of sp³-hybridized carbons (Fsp3) is 0.423. The number of benzene rings is 2. The molecular weight excluding hydrogens is 475 g/mol. The zero-order valence-corrected chi connectivity index (χ0v) is 20.9. The van der Waals surface area contributed by atoms with Crippen LogP contribution in [-0.2, 0) is 20.9 Å². The number of ether oxygens (including phenoxy) is 1. The molecule has 1 aliphatic heterocycles. The number of carbonyl (C=O) groups is 3. The van der Waals surface area contributed by atoms with Crippen LogP contribution in [0.15, 0.2) is 48.5 Å². The average molecular weight is 505 g/mol. The second-order valence-corrected chi connectivity index (χ2v) is 9.55. The Kier molecular flexibility index (Phi) is 9.36. The van der Waals surface area contributed by atoms with Gasteiger partial charge in [-0.2, -0.15) is 0 Å². The first-order chi connectivity index (χ1) is 16.3. The summed E-state index contributed by atoms with van der Waals surface area (Å²) >= 11 is 11.8. The van der Waals surface area contributed by atoms with Gasteiger partial charge in [-0.3, -0.25) is 9.59 Å². The number of halogens is 2. The van der Waals surface area contributed by atoms with E-state index in [9.17, 15) is 14.4 Å². The maximum atomic E-state index is 12.6. The summed E-state index contributed by atoms with van der Waals surface area (Å²) in [6.07, 6.45) is 3.15. The summed E-state index contributed by atoms with van der Waals surface area (Å²) in [6.45, 7) is 4.08. The number of rotatable bonds is 5. The molecule has 2 atom stereocenters. The van der Waals surface area contributed by atoms with E-state index < -0.39 is 24.0 Å². The fourth-order valence-corrected chi connectivity index (χ4v) is 4.57. The van der Waals surface area contributed by atoms with Crippen LogP contribution in [-0.4, -0.2) is 35.0 Å². The van der Waals surface area contributed by atoms with Gasteiger partial charge in [-0.05, 0) is 50.3 Å². The third-order valence-corrected chi connectivity index (χ3v) is 6.98. The van der Waals surface area contributed by atoms with Crippen LogP contribution in [0.2, 0.25) is 10.0 Å². The van der Waals surface area contributed by atoms with Crippen molar-refractivity contribution >= 4 is 41.1 Å². The van der Waals surface area contributed by atoms with Gasteiger partial charge in [0.25, 0.3) is 17.9 Å². The van der Waals surface area contributed by atoms with E-state index in [-0.39, 0.29) is 18.5 Å². The molecular formula is C26H30Cl2N2O4. The van der Waals surface area contributed by atoms with Crippen LogP contribution >= 0.6 is 23.2 Å². The van der Waals surface area contributed by atoms with Crippen LogP contribution in [0.4, 0.5) is 4.79 Å². The van der Waals surface area contributed by atoms with Crippen LogP contribution in [0.5, 0.6) is 0 Å². The minimum absolute atomic E-state index is 0.148. The Morgan fingerprint density at radius 3 is 2.32 bits per heavy atom. The first-order valence-corrected chi connectivity index (χ1v) is 12.3. The van der Waals surface area contributed by atoms with Crippen LogP contribution in [0.1, 0.15) is 50.2 Å². The number of amides is 3. The highest BCUT2D eigenvalue weighted by Gasteiger charge is 2.48. The van der Waals surface area contributed by atoms with Crippen molar-refractivity contribution in [3.8, 4) is 0 Å². The predicted octanol–water partition coefficient (Wildman–Crippen LogP) is 5.92. The van der Waals surface area contributed by atoms with E-state index in [0.717, 1.165) is 36.1 Å². The molecule has 2 aromatic rings. The molecule has 182 valence electrons. The van der Waals surface area contributed by atoms with Gasteiger partial charge in [0.2, 0.25) is 0 Å². The lowest BCUT2D eigenvalue weighted by Crippen LogP contribution is -2.46. The van der Waals surface area contributed by atoms with Crippen molar-refractivity contribution in [1.82, 2.24) is 10.2 Å². The first-order valence-electron chi connectivity index (χ1n) is 11.5. The Balaban J connectivity index is 0.000000396. The van der Waals surface area contributed by atoms with Crippen molar-refractivity contribution in [2.75, 3.05) is 0 Å². The molecule has 2 aliphatic rings. The Hall–Kier alpha value is -2.57. The van der Waals surface area contributed by atoms with Gasteiger partial charge in [-0.1, -0.05) is 84.4 Å². The number of imide groups is 1. The third-order valence-electron chi connectivity index (χ3n) is 6.25. The molecule has 0 aromatic heterocycles. The highest BCUT2D eigenvalue weighted by Crippen LogP contribution is 2.31. The molecule has 1 aliphatic carbocycles. The van der Waals surface area contributed by atoms with Crippen molar-refractivity contribution in [3.63, 3.8) is 0 Å². The Bertz CT molecular complexity index is 1010. The minimum Gasteiger partial charge on any atom is -0.425 e. The number of cyclic esters (lactones) is 1. The summed E-state index contributed by atoms with van der Waals surface area (Å²) in [5, 5.41) is 3.40. The molecule has 2 aromatic carbocycles. The van der Waals surface area contributed by atoms with Gasteiger partial charge in [0.15, 0.2) is 0 Å². The van der Waals surface area contributed by atoms with Crippen LogP contribution < -0.4 is 5.32 Å². The monoisotopic (exact) mass is 504 g/mol. The van der Waals surface area contributed by atoms with Crippen molar-refractivity contribution < 1.29 is 19.1 Å². The Labute approximate surface area is 210 Å². The van der Waals surface area contributed by atoms with Gasteiger partial charge in [-0.15, -0.1) is 0 Å². The molecule has 1 heterocycles. The smallest absolute Gasteiger partial charge is 0.418 e. The topological polar surface area (TPSA) is 75.7 Å². The average Bonchev–Trinajstić information content (AvgIpc) is 3.14. The van der Waals surface area contributed by atoms with Gasteiger partial charge in [0.1, 0.15) is 0 Å². The number of nitrogens with one attached hydrogen (secondary N) is 1. The maximum absolute atomic E-state index is 12.6. The number of hydrogen-bond donors (Lipinski definition) is 1. The van der Waals surface area contributed by atoms with E-state index in [0.29, 0.717) is 10.0 Å². The number of aryl methyl sites for hydroxylation is 1. The quantitative estimate of drug-likeness (QED) is 0.512. The SMILES string of the molecule is CC(C1CCCCC1)N1C(=O)OC(C(=O)NCc2ccc(Cl)c(Cl)c2)C1=O.Cc1ccccc1. The number of hydrogen-bond acceptors (Lipinski definition) is 4. The van der Waals surface area contributed by atoms with Gasteiger partial charge >= 0.3 is 6.09 Å². The zero-order chi connectivity index (χ0) is 24.7. The van der Waals surface area contributed by atoms with E-state index >= 15 is 0 Å². The molecule has 2 unspecified atom stereocenters. The first kappa shape index (κ1) is 26.0. The van der Waals surface area contributed by atoms with Gasteiger partial charge < -0.3 is 10.1 Å². The van der Waals surface area contributed by atoms with Crippen LogP contribution in [0, 0.1) is 12.8 Å². The Morgan fingerprint density at radius 2 is 1.74 bits per heavy atom. The van der Waals surface area contributed by atoms with Crippen LogP contribution in [0.25, 0.3) is 0 Å². The minimum atomic E-state index is -1.44. The second-order valence-electron chi connectivity index (χ2n) is 8.73. The largest absolute Gasteiger partial charge is 0.425 e. The molecule has 0 bridgehead atoms. The Morgan fingerprint density at radius 1 is 1.06 bits per heavy atom. The normalized spacial score (nSPS) is 19.2. The molecule has 3 amide bonds. The summed E-state index contributed by atoms with van der Waals surface area (Å²) in [5.74, 6) is -0.976. The van der Waals surface area contributed by atoms with Crippen molar-refractivity contribution in [1.29, 1.82) is 0 Å². The molecule has 2 fully saturated rings. The van der Waals surface area contributed by atoms with Crippen molar-refractivity contribution in [2.24, 2.45) is 5.92 Å². The van der Waals surface area contributed by atoms with E-state index in [1.807, 2.05) is 25.1 Å².